The van der Waals surface area contributed by atoms with Crippen LogP contribution in [0.5, 0.6) is 0 Å². The predicted molar refractivity (Wildman–Crippen MR) is 124 cm³/mol. The molecular weight excluding hydrogens is 354 g/mol. The van der Waals surface area contributed by atoms with E-state index in [4.69, 9.17) is 4.74 Å². The number of aryl methyl sites for hydroxylation is 5. The highest BCUT2D eigenvalue weighted by Gasteiger charge is 2.15. The topological polar surface area (TPSA) is 12.5 Å². The summed E-state index contributed by atoms with van der Waals surface area (Å²) in [5.41, 5.74) is 13.4. The first-order valence-corrected chi connectivity index (χ1v) is 11.3. The first-order chi connectivity index (χ1) is 13.9. The molecule has 0 aliphatic carbocycles. The van der Waals surface area contributed by atoms with Crippen LogP contribution in [0.1, 0.15) is 56.5 Å². The molecule has 2 aromatic rings. The van der Waals surface area contributed by atoms with Crippen LogP contribution in [0.3, 0.4) is 0 Å². The lowest BCUT2D eigenvalue weighted by molar-refractivity contribution is 0.0374. The van der Waals surface area contributed by atoms with Gasteiger partial charge < -0.3 is 4.74 Å². The zero-order valence-electron chi connectivity index (χ0n) is 19.5. The number of benzene rings is 2. The maximum Gasteiger partial charge on any atom is 0.0594 e. The molecule has 0 spiro atoms. The Labute approximate surface area is 178 Å². The summed E-state index contributed by atoms with van der Waals surface area (Å²) < 4.78 is 5.49. The molecule has 0 radical (unpaired) electrons. The summed E-state index contributed by atoms with van der Waals surface area (Å²) in [5.74, 6) is 0. The van der Waals surface area contributed by atoms with E-state index >= 15 is 0 Å². The third-order valence-electron chi connectivity index (χ3n) is 6.79. The molecule has 158 valence electrons. The summed E-state index contributed by atoms with van der Waals surface area (Å²) >= 11 is 0. The van der Waals surface area contributed by atoms with Gasteiger partial charge in [0.15, 0.2) is 0 Å². The molecule has 0 bridgehead atoms. The van der Waals surface area contributed by atoms with Crippen LogP contribution in [0.15, 0.2) is 18.2 Å². The smallest absolute Gasteiger partial charge is 0.0594 e. The molecule has 0 saturated carbocycles. The number of morpholine rings is 1. The van der Waals surface area contributed by atoms with Gasteiger partial charge in [-0.3, -0.25) is 4.90 Å². The Morgan fingerprint density at radius 3 is 1.93 bits per heavy atom. The first-order valence-electron chi connectivity index (χ1n) is 11.3. The van der Waals surface area contributed by atoms with Gasteiger partial charge in [-0.15, -0.1) is 0 Å². The average molecular weight is 394 g/mol. The molecule has 1 aliphatic heterocycles. The fraction of sp³-hybridized carbons (Fsp3) is 0.556. The summed E-state index contributed by atoms with van der Waals surface area (Å²) in [7, 11) is 0. The molecule has 0 N–H and O–H groups in total. The second kappa shape index (κ2) is 9.91. The third kappa shape index (κ3) is 5.49. The van der Waals surface area contributed by atoms with Gasteiger partial charge in [0.05, 0.1) is 13.2 Å². The molecule has 1 fully saturated rings. The maximum atomic E-state index is 5.49. The summed E-state index contributed by atoms with van der Waals surface area (Å²) in [6, 6.07) is 7.06. The third-order valence-corrected chi connectivity index (χ3v) is 6.79. The Morgan fingerprint density at radius 1 is 0.690 bits per heavy atom. The molecule has 1 aliphatic rings. The van der Waals surface area contributed by atoms with Crippen LogP contribution in [0.2, 0.25) is 0 Å². The van der Waals surface area contributed by atoms with Crippen LogP contribution in [-0.4, -0.2) is 37.7 Å². The second-order valence-electron chi connectivity index (χ2n) is 9.03. The van der Waals surface area contributed by atoms with Crippen LogP contribution >= 0.6 is 0 Å². The molecule has 2 heteroatoms. The van der Waals surface area contributed by atoms with Crippen molar-refractivity contribution in [2.75, 3.05) is 32.8 Å². The number of hydrogen-bond donors (Lipinski definition) is 0. The predicted octanol–water partition coefficient (Wildman–Crippen LogP) is 5.59. The van der Waals surface area contributed by atoms with Crippen molar-refractivity contribution in [1.82, 2.24) is 4.90 Å². The van der Waals surface area contributed by atoms with Crippen LogP contribution < -0.4 is 0 Å². The lowest BCUT2D eigenvalue weighted by Crippen LogP contribution is -2.37. The van der Waals surface area contributed by atoms with Crippen LogP contribution in [-0.2, 0) is 24.0 Å². The van der Waals surface area contributed by atoms with Crippen LogP contribution in [0.4, 0.5) is 0 Å². The van der Waals surface area contributed by atoms with E-state index in [9.17, 15) is 0 Å². The molecule has 0 unspecified atom stereocenters. The molecule has 0 aromatic heterocycles. The zero-order chi connectivity index (χ0) is 21.0. The van der Waals surface area contributed by atoms with Crippen molar-refractivity contribution in [2.45, 2.75) is 67.2 Å². The van der Waals surface area contributed by atoms with Gasteiger partial charge in [0.2, 0.25) is 0 Å². The van der Waals surface area contributed by atoms with Gasteiger partial charge in [0, 0.05) is 13.1 Å². The van der Waals surface area contributed by atoms with Crippen molar-refractivity contribution >= 4 is 0 Å². The van der Waals surface area contributed by atoms with Crippen molar-refractivity contribution in [3.05, 3.63) is 68.3 Å². The molecule has 2 aromatic carbocycles. The highest BCUT2D eigenvalue weighted by atomic mass is 16.5. The van der Waals surface area contributed by atoms with Crippen LogP contribution in [0.25, 0.3) is 0 Å². The average Bonchev–Trinajstić information content (AvgIpc) is 2.67. The van der Waals surface area contributed by atoms with Crippen LogP contribution in [0, 0.1) is 41.5 Å². The Kier molecular flexibility index (Phi) is 7.54. The Morgan fingerprint density at radius 2 is 1.28 bits per heavy atom. The van der Waals surface area contributed by atoms with E-state index in [0.717, 1.165) is 39.1 Å². The van der Waals surface area contributed by atoms with E-state index in [0.29, 0.717) is 0 Å². The van der Waals surface area contributed by atoms with Gasteiger partial charge >= 0.3 is 0 Å². The van der Waals surface area contributed by atoms with Gasteiger partial charge in [-0.1, -0.05) is 23.8 Å². The Balaban J connectivity index is 1.76. The van der Waals surface area contributed by atoms with E-state index in [-0.39, 0.29) is 0 Å². The Hall–Kier alpha value is -1.64. The summed E-state index contributed by atoms with van der Waals surface area (Å²) in [5, 5.41) is 0. The SMILES string of the molecule is Cc1cc(C)c(CCc2c(C)cc(C)c(C)c2CCCN2CCOCC2)c(C)c1. The molecule has 29 heavy (non-hydrogen) atoms. The zero-order valence-corrected chi connectivity index (χ0v) is 19.5. The van der Waals surface area contributed by atoms with E-state index in [1.807, 2.05) is 0 Å². The molecule has 3 rings (SSSR count). The van der Waals surface area contributed by atoms with E-state index in [1.54, 1.807) is 11.1 Å². The summed E-state index contributed by atoms with van der Waals surface area (Å²) in [6.45, 7) is 18.8. The minimum atomic E-state index is 0.892. The van der Waals surface area contributed by atoms with Gasteiger partial charge in [0.1, 0.15) is 0 Å². The highest BCUT2D eigenvalue weighted by molar-refractivity contribution is 5.46. The maximum absolute atomic E-state index is 5.49. The van der Waals surface area contributed by atoms with Gasteiger partial charge in [-0.2, -0.15) is 0 Å². The monoisotopic (exact) mass is 393 g/mol. The van der Waals surface area contributed by atoms with E-state index in [2.05, 4.69) is 64.6 Å². The molecule has 2 nitrogen and oxygen atoms in total. The minimum Gasteiger partial charge on any atom is -0.379 e. The van der Waals surface area contributed by atoms with Crippen molar-refractivity contribution in [2.24, 2.45) is 0 Å². The van der Waals surface area contributed by atoms with Crippen molar-refractivity contribution < 1.29 is 4.74 Å². The van der Waals surface area contributed by atoms with Crippen molar-refractivity contribution in [1.29, 1.82) is 0 Å². The van der Waals surface area contributed by atoms with Gasteiger partial charge in [-0.25, -0.2) is 0 Å². The normalized spacial score (nSPS) is 15.1. The lowest BCUT2D eigenvalue weighted by atomic mass is 9.86. The van der Waals surface area contributed by atoms with Crippen molar-refractivity contribution in [3.8, 4) is 0 Å². The minimum absolute atomic E-state index is 0.892. The lowest BCUT2D eigenvalue weighted by Gasteiger charge is -2.27. The number of ether oxygens (including phenoxy) is 1. The number of rotatable bonds is 7. The second-order valence-corrected chi connectivity index (χ2v) is 9.03. The molecule has 1 saturated heterocycles. The first kappa shape index (κ1) is 22.1. The Bertz CT molecular complexity index is 823. The fourth-order valence-corrected chi connectivity index (χ4v) is 5.07. The largest absolute Gasteiger partial charge is 0.379 e. The molecular formula is C27H39NO. The highest BCUT2D eigenvalue weighted by Crippen LogP contribution is 2.27. The number of hydrogen-bond acceptors (Lipinski definition) is 2. The van der Waals surface area contributed by atoms with E-state index in [1.165, 1.54) is 58.3 Å². The number of nitrogens with zero attached hydrogens (tertiary/aromatic N) is 1. The van der Waals surface area contributed by atoms with E-state index < -0.39 is 0 Å². The fourth-order valence-electron chi connectivity index (χ4n) is 5.07. The molecule has 1 heterocycles. The summed E-state index contributed by atoms with van der Waals surface area (Å²) in [4.78, 5) is 2.56. The summed E-state index contributed by atoms with van der Waals surface area (Å²) in [6.07, 6.45) is 4.70. The standard InChI is InChI=1S/C27H39NO/c1-19-16-21(3)25(22(4)17-19)9-10-26-23(5)18-20(2)24(6)27(26)8-7-11-28-12-14-29-15-13-28/h16-18H,7-15H2,1-6H3. The van der Waals surface area contributed by atoms with Gasteiger partial charge in [0.25, 0.3) is 0 Å². The molecule has 0 amide bonds. The van der Waals surface area contributed by atoms with Crippen molar-refractivity contribution in [3.63, 3.8) is 0 Å². The quantitative estimate of drug-likeness (QED) is 0.608. The molecule has 0 atom stereocenters. The van der Waals surface area contributed by atoms with Gasteiger partial charge in [-0.05, 0) is 118 Å².